The first-order chi connectivity index (χ1) is 18.1. The zero-order valence-corrected chi connectivity index (χ0v) is 23.2. The summed E-state index contributed by atoms with van der Waals surface area (Å²) in [4.78, 5) is 39.7. The molecule has 4 rings (SSSR count). The molecule has 0 radical (unpaired) electrons. The SMILES string of the molecule is C=CC(=O)Nc1ccc(C(=O)N2CCC[C@@H](Nc3ncc(Cl)c(SCc4ncc(C(C)(C)C)o4)n3)C2)cc1. The highest BCUT2D eigenvalue weighted by atomic mass is 35.5. The second-order valence-electron chi connectivity index (χ2n) is 10.0. The van der Waals surface area contributed by atoms with Gasteiger partial charge in [-0.3, -0.25) is 9.59 Å². The highest BCUT2D eigenvalue weighted by Crippen LogP contribution is 2.30. The van der Waals surface area contributed by atoms with Gasteiger partial charge in [0.1, 0.15) is 10.8 Å². The number of hydrogen-bond donors (Lipinski definition) is 2. The van der Waals surface area contributed by atoms with E-state index in [9.17, 15) is 9.59 Å². The molecule has 0 saturated carbocycles. The van der Waals surface area contributed by atoms with E-state index >= 15 is 0 Å². The topological polar surface area (TPSA) is 113 Å². The molecule has 2 aromatic heterocycles. The fourth-order valence-corrected chi connectivity index (χ4v) is 4.90. The summed E-state index contributed by atoms with van der Waals surface area (Å²) < 4.78 is 5.87. The minimum atomic E-state index is -0.299. The Morgan fingerprint density at radius 1 is 1.24 bits per heavy atom. The molecule has 1 fully saturated rings. The summed E-state index contributed by atoms with van der Waals surface area (Å²) >= 11 is 7.79. The number of thioether (sulfide) groups is 1. The number of halogens is 1. The van der Waals surface area contributed by atoms with E-state index in [0.29, 0.717) is 52.0 Å². The summed E-state index contributed by atoms with van der Waals surface area (Å²) in [5.74, 6) is 2.03. The molecule has 0 spiro atoms. The first-order valence-electron chi connectivity index (χ1n) is 12.3. The van der Waals surface area contributed by atoms with Crippen molar-refractivity contribution in [3.05, 3.63) is 71.6 Å². The Balaban J connectivity index is 1.35. The number of anilines is 2. The predicted octanol–water partition coefficient (Wildman–Crippen LogP) is 5.55. The number of amides is 2. The summed E-state index contributed by atoms with van der Waals surface area (Å²) in [6.07, 6.45) is 6.28. The van der Waals surface area contributed by atoms with Crippen LogP contribution in [0.1, 0.15) is 55.6 Å². The molecule has 0 aliphatic carbocycles. The second kappa shape index (κ2) is 12.0. The maximum Gasteiger partial charge on any atom is 0.253 e. The lowest BCUT2D eigenvalue weighted by atomic mass is 9.94. The normalized spacial score (nSPS) is 15.7. The van der Waals surface area contributed by atoms with E-state index in [2.05, 4.69) is 52.9 Å². The number of carbonyl (C=O) groups excluding carboxylic acids is 2. The van der Waals surface area contributed by atoms with Crippen LogP contribution in [-0.2, 0) is 16.0 Å². The Kier molecular flexibility index (Phi) is 8.73. The number of oxazole rings is 1. The van der Waals surface area contributed by atoms with Crippen molar-refractivity contribution in [2.24, 2.45) is 0 Å². The van der Waals surface area contributed by atoms with Gasteiger partial charge in [-0.25, -0.2) is 15.0 Å². The van der Waals surface area contributed by atoms with Gasteiger partial charge in [0.2, 0.25) is 17.7 Å². The van der Waals surface area contributed by atoms with Crippen molar-refractivity contribution >= 4 is 46.8 Å². The van der Waals surface area contributed by atoms with E-state index in [1.807, 2.05) is 4.90 Å². The zero-order chi connectivity index (χ0) is 27.3. The second-order valence-corrected chi connectivity index (χ2v) is 11.4. The van der Waals surface area contributed by atoms with Crippen LogP contribution >= 0.6 is 23.4 Å². The Morgan fingerprint density at radius 3 is 2.68 bits per heavy atom. The molecule has 1 aliphatic rings. The fourth-order valence-electron chi connectivity index (χ4n) is 3.91. The molecule has 1 saturated heterocycles. The molecule has 200 valence electrons. The van der Waals surface area contributed by atoms with Crippen molar-refractivity contribution in [3.8, 4) is 0 Å². The maximum absolute atomic E-state index is 13.1. The van der Waals surface area contributed by atoms with Gasteiger partial charge in [-0.2, -0.15) is 0 Å². The molecule has 0 bridgehead atoms. The molecular weight excluding hydrogens is 524 g/mol. The maximum atomic E-state index is 13.1. The fraction of sp³-hybridized carbons (Fsp3) is 0.370. The van der Waals surface area contributed by atoms with Gasteiger partial charge in [0, 0.05) is 35.8 Å². The number of nitrogens with one attached hydrogen (secondary N) is 2. The van der Waals surface area contributed by atoms with Crippen LogP contribution in [0.5, 0.6) is 0 Å². The van der Waals surface area contributed by atoms with Crippen molar-refractivity contribution < 1.29 is 14.0 Å². The number of rotatable bonds is 8. The summed E-state index contributed by atoms with van der Waals surface area (Å²) in [6, 6.07) is 6.83. The molecule has 1 aromatic carbocycles. The summed E-state index contributed by atoms with van der Waals surface area (Å²) in [5.41, 5.74) is 1.06. The minimum absolute atomic E-state index is 0.000961. The number of likely N-dealkylation sites (tertiary alicyclic amines) is 1. The number of carbonyl (C=O) groups is 2. The summed E-state index contributed by atoms with van der Waals surface area (Å²) in [7, 11) is 0. The van der Waals surface area contributed by atoms with Crippen LogP contribution in [-0.4, -0.2) is 50.8 Å². The number of piperidine rings is 1. The Labute approximate surface area is 231 Å². The van der Waals surface area contributed by atoms with Crippen LogP contribution < -0.4 is 10.6 Å². The Morgan fingerprint density at radius 2 is 2.00 bits per heavy atom. The summed E-state index contributed by atoms with van der Waals surface area (Å²) in [6.45, 7) is 10.9. The smallest absolute Gasteiger partial charge is 0.253 e. The number of aromatic nitrogens is 3. The molecule has 1 aliphatic heterocycles. The molecular formula is C27H31ClN6O3S. The van der Waals surface area contributed by atoms with Crippen LogP contribution in [0, 0.1) is 0 Å². The van der Waals surface area contributed by atoms with Crippen molar-refractivity contribution in [2.75, 3.05) is 23.7 Å². The van der Waals surface area contributed by atoms with Crippen LogP contribution in [0.15, 0.2) is 58.8 Å². The van der Waals surface area contributed by atoms with Gasteiger partial charge in [0.05, 0.1) is 23.2 Å². The number of nitrogens with zero attached hydrogens (tertiary/aromatic N) is 4. The van der Waals surface area contributed by atoms with Gasteiger partial charge in [0.15, 0.2) is 0 Å². The first-order valence-corrected chi connectivity index (χ1v) is 13.7. The first kappa shape index (κ1) is 27.7. The average molecular weight is 555 g/mol. The van der Waals surface area contributed by atoms with Gasteiger partial charge >= 0.3 is 0 Å². The van der Waals surface area contributed by atoms with Crippen molar-refractivity contribution in [1.82, 2.24) is 19.9 Å². The van der Waals surface area contributed by atoms with E-state index in [0.717, 1.165) is 18.6 Å². The Hall–Kier alpha value is -3.37. The van der Waals surface area contributed by atoms with Crippen molar-refractivity contribution in [2.45, 2.75) is 55.8 Å². The molecule has 0 unspecified atom stereocenters. The van der Waals surface area contributed by atoms with E-state index in [1.165, 1.54) is 17.8 Å². The highest BCUT2D eigenvalue weighted by Gasteiger charge is 2.25. The largest absolute Gasteiger partial charge is 0.444 e. The molecule has 2 N–H and O–H groups in total. The van der Waals surface area contributed by atoms with Crippen molar-refractivity contribution in [3.63, 3.8) is 0 Å². The molecule has 3 aromatic rings. The number of hydrogen-bond acceptors (Lipinski definition) is 8. The van der Waals surface area contributed by atoms with Gasteiger partial charge < -0.3 is 20.0 Å². The average Bonchev–Trinajstić information content (AvgIpc) is 3.39. The predicted molar refractivity (Wildman–Crippen MR) is 150 cm³/mol. The monoisotopic (exact) mass is 554 g/mol. The van der Waals surface area contributed by atoms with E-state index in [4.69, 9.17) is 16.0 Å². The third-order valence-corrected chi connectivity index (χ3v) is 7.33. The Bertz CT molecular complexity index is 1300. The number of benzene rings is 1. The van der Waals surface area contributed by atoms with E-state index in [-0.39, 0.29) is 23.3 Å². The van der Waals surface area contributed by atoms with E-state index in [1.54, 1.807) is 36.7 Å². The lowest BCUT2D eigenvalue weighted by Gasteiger charge is -2.33. The van der Waals surface area contributed by atoms with Gasteiger partial charge in [0.25, 0.3) is 5.91 Å². The molecule has 9 nitrogen and oxygen atoms in total. The van der Waals surface area contributed by atoms with Crippen molar-refractivity contribution in [1.29, 1.82) is 0 Å². The highest BCUT2D eigenvalue weighted by molar-refractivity contribution is 7.98. The quantitative estimate of drug-likeness (QED) is 0.212. The lowest BCUT2D eigenvalue weighted by Crippen LogP contribution is -2.45. The van der Waals surface area contributed by atoms with Crippen LogP contribution in [0.3, 0.4) is 0 Å². The van der Waals surface area contributed by atoms with Crippen LogP contribution in [0.4, 0.5) is 11.6 Å². The molecule has 11 heteroatoms. The standard InChI is InChI=1S/C27H31ClN6O3S/c1-5-22(35)31-18-10-8-17(9-11-18)25(36)34-12-6-7-19(15-34)32-26-30-13-20(28)24(33-26)38-16-23-29-14-21(37-23)27(2,3)4/h5,8-11,13-14,19H,1,6-7,12,15-16H2,2-4H3,(H,31,35)(H,30,32,33)/t19-/m1/s1. The van der Waals surface area contributed by atoms with Gasteiger partial charge in [-0.1, -0.05) is 50.7 Å². The molecule has 1 atom stereocenters. The van der Waals surface area contributed by atoms with E-state index < -0.39 is 0 Å². The molecule has 2 amide bonds. The molecule has 38 heavy (non-hydrogen) atoms. The third-order valence-electron chi connectivity index (χ3n) is 5.96. The molecule has 3 heterocycles. The minimum Gasteiger partial charge on any atom is -0.444 e. The lowest BCUT2D eigenvalue weighted by molar-refractivity contribution is -0.111. The van der Waals surface area contributed by atoms with Gasteiger partial charge in [-0.15, -0.1) is 0 Å². The van der Waals surface area contributed by atoms with Crippen LogP contribution in [0.25, 0.3) is 0 Å². The van der Waals surface area contributed by atoms with Gasteiger partial charge in [-0.05, 0) is 43.2 Å². The third kappa shape index (κ3) is 7.14. The zero-order valence-electron chi connectivity index (χ0n) is 21.7. The van der Waals surface area contributed by atoms with Crippen LogP contribution in [0.2, 0.25) is 5.02 Å². The summed E-state index contributed by atoms with van der Waals surface area (Å²) in [5, 5.41) is 7.13.